The summed E-state index contributed by atoms with van der Waals surface area (Å²) in [5, 5.41) is 9.03. The SMILES string of the molecule is CCc1c(C)nc(S(C)=O)nc1N(CC)CCCC#N. The molecule has 0 fully saturated rings. The normalized spacial score (nSPS) is 11.9. The van der Waals surface area contributed by atoms with Gasteiger partial charge in [-0.2, -0.15) is 5.26 Å². The number of hydrogen-bond acceptors (Lipinski definition) is 5. The molecule has 0 aliphatic carbocycles. The van der Waals surface area contributed by atoms with Crippen LogP contribution in [-0.2, 0) is 17.2 Å². The fraction of sp³-hybridized carbons (Fsp3) is 0.643. The molecule has 0 saturated heterocycles. The Morgan fingerprint density at radius 3 is 2.55 bits per heavy atom. The lowest BCUT2D eigenvalue weighted by atomic mass is 10.1. The number of unbranched alkanes of at least 4 members (excludes halogenated alkanes) is 1. The summed E-state index contributed by atoms with van der Waals surface area (Å²) in [7, 11) is -1.19. The quantitative estimate of drug-likeness (QED) is 0.569. The number of nitriles is 1. The first kappa shape index (κ1) is 16.6. The topological polar surface area (TPSA) is 69.9 Å². The van der Waals surface area contributed by atoms with E-state index in [0.29, 0.717) is 11.6 Å². The Bertz CT molecular complexity index is 525. The molecule has 6 heteroatoms. The van der Waals surface area contributed by atoms with Crippen LogP contribution >= 0.6 is 0 Å². The molecule has 0 spiro atoms. The Morgan fingerprint density at radius 2 is 2.05 bits per heavy atom. The van der Waals surface area contributed by atoms with Crippen LogP contribution in [0.2, 0.25) is 0 Å². The maximum atomic E-state index is 11.6. The summed E-state index contributed by atoms with van der Waals surface area (Å²) >= 11 is 0. The highest BCUT2D eigenvalue weighted by Gasteiger charge is 2.16. The van der Waals surface area contributed by atoms with Crippen molar-refractivity contribution in [1.82, 2.24) is 9.97 Å². The van der Waals surface area contributed by atoms with Crippen molar-refractivity contribution in [2.24, 2.45) is 0 Å². The highest BCUT2D eigenvalue weighted by atomic mass is 32.2. The molecular weight excluding hydrogens is 272 g/mol. The van der Waals surface area contributed by atoms with Crippen LogP contribution in [0.1, 0.15) is 37.9 Å². The van der Waals surface area contributed by atoms with Gasteiger partial charge in [0.05, 0.1) is 16.9 Å². The second-order valence-corrected chi connectivity index (χ2v) is 5.82. The van der Waals surface area contributed by atoms with Gasteiger partial charge in [0.25, 0.3) is 0 Å². The van der Waals surface area contributed by atoms with Gasteiger partial charge in [-0.3, -0.25) is 4.21 Å². The number of aryl methyl sites for hydroxylation is 1. The first-order valence-corrected chi connectivity index (χ1v) is 8.43. The third-order valence-corrected chi connectivity index (χ3v) is 3.88. The van der Waals surface area contributed by atoms with Crippen LogP contribution in [0.25, 0.3) is 0 Å². The van der Waals surface area contributed by atoms with E-state index in [-0.39, 0.29) is 0 Å². The van der Waals surface area contributed by atoms with Gasteiger partial charge in [0.15, 0.2) is 0 Å². The van der Waals surface area contributed by atoms with E-state index in [1.165, 1.54) is 0 Å². The van der Waals surface area contributed by atoms with E-state index in [2.05, 4.69) is 34.8 Å². The number of aromatic nitrogens is 2. The van der Waals surface area contributed by atoms with Gasteiger partial charge in [-0.05, 0) is 26.7 Å². The lowest BCUT2D eigenvalue weighted by Crippen LogP contribution is -2.27. The van der Waals surface area contributed by atoms with Crippen LogP contribution in [0.15, 0.2) is 5.16 Å². The Morgan fingerprint density at radius 1 is 1.35 bits per heavy atom. The van der Waals surface area contributed by atoms with Gasteiger partial charge in [0.2, 0.25) is 5.16 Å². The molecule has 1 heterocycles. The summed E-state index contributed by atoms with van der Waals surface area (Å²) in [5.74, 6) is 0.866. The molecule has 0 aromatic carbocycles. The molecule has 0 N–H and O–H groups in total. The fourth-order valence-electron chi connectivity index (χ4n) is 2.12. The van der Waals surface area contributed by atoms with Crippen LogP contribution in [0, 0.1) is 18.3 Å². The van der Waals surface area contributed by atoms with Gasteiger partial charge in [0.1, 0.15) is 5.82 Å². The zero-order chi connectivity index (χ0) is 15.1. The van der Waals surface area contributed by atoms with Crippen LogP contribution in [-0.4, -0.2) is 33.5 Å². The van der Waals surface area contributed by atoms with Crippen molar-refractivity contribution in [3.63, 3.8) is 0 Å². The summed E-state index contributed by atoms with van der Waals surface area (Å²) in [5.41, 5.74) is 1.99. The van der Waals surface area contributed by atoms with Gasteiger partial charge < -0.3 is 4.90 Å². The molecule has 0 amide bonds. The van der Waals surface area contributed by atoms with Gasteiger partial charge in [0, 0.05) is 37.0 Å². The predicted molar refractivity (Wildman–Crippen MR) is 81.2 cm³/mol. The largest absolute Gasteiger partial charge is 0.356 e. The maximum absolute atomic E-state index is 11.6. The van der Waals surface area contributed by atoms with Crippen molar-refractivity contribution >= 4 is 16.6 Å². The van der Waals surface area contributed by atoms with E-state index in [4.69, 9.17) is 5.26 Å². The van der Waals surface area contributed by atoms with Crippen LogP contribution in [0.4, 0.5) is 5.82 Å². The summed E-state index contributed by atoms with van der Waals surface area (Å²) < 4.78 is 11.6. The molecule has 1 atom stereocenters. The van der Waals surface area contributed by atoms with E-state index in [1.54, 1.807) is 6.26 Å². The molecule has 5 nitrogen and oxygen atoms in total. The lowest BCUT2D eigenvalue weighted by Gasteiger charge is -2.25. The number of nitrogens with zero attached hydrogens (tertiary/aromatic N) is 4. The molecule has 0 saturated carbocycles. The Hall–Kier alpha value is -1.48. The van der Waals surface area contributed by atoms with Crippen LogP contribution < -0.4 is 4.90 Å². The van der Waals surface area contributed by atoms with Crippen LogP contribution in [0.5, 0.6) is 0 Å². The van der Waals surface area contributed by atoms with Crippen LogP contribution in [0.3, 0.4) is 0 Å². The van der Waals surface area contributed by atoms with Gasteiger partial charge in [-0.1, -0.05) is 6.92 Å². The van der Waals surface area contributed by atoms with Gasteiger partial charge in [-0.25, -0.2) is 9.97 Å². The molecule has 0 radical (unpaired) electrons. The first-order valence-electron chi connectivity index (χ1n) is 6.87. The minimum Gasteiger partial charge on any atom is -0.356 e. The number of rotatable bonds is 7. The molecule has 0 aliphatic heterocycles. The highest BCUT2D eigenvalue weighted by molar-refractivity contribution is 7.84. The van der Waals surface area contributed by atoms with E-state index >= 15 is 0 Å². The minimum absolute atomic E-state index is 0.383. The summed E-state index contributed by atoms with van der Waals surface area (Å²) in [6, 6.07) is 2.16. The third kappa shape index (κ3) is 4.01. The van der Waals surface area contributed by atoms with E-state index in [9.17, 15) is 4.21 Å². The molecule has 110 valence electrons. The first-order chi connectivity index (χ1) is 9.54. The molecule has 1 aromatic rings. The van der Waals surface area contributed by atoms with E-state index in [1.807, 2.05) is 6.92 Å². The molecule has 20 heavy (non-hydrogen) atoms. The minimum atomic E-state index is -1.19. The average Bonchev–Trinajstić information content (AvgIpc) is 2.42. The van der Waals surface area contributed by atoms with Gasteiger partial charge >= 0.3 is 0 Å². The molecule has 0 aliphatic rings. The molecule has 1 aromatic heterocycles. The molecular formula is C14H22N4OS. The summed E-state index contributed by atoms with van der Waals surface area (Å²) in [4.78, 5) is 11.0. The molecule has 1 unspecified atom stereocenters. The lowest BCUT2D eigenvalue weighted by molar-refractivity contribution is 0.675. The molecule has 1 rings (SSSR count). The number of anilines is 1. The number of hydrogen-bond donors (Lipinski definition) is 0. The van der Waals surface area contributed by atoms with Crippen molar-refractivity contribution in [3.8, 4) is 6.07 Å². The average molecular weight is 294 g/mol. The van der Waals surface area contributed by atoms with E-state index < -0.39 is 10.8 Å². The highest BCUT2D eigenvalue weighted by Crippen LogP contribution is 2.22. The standard InChI is InChI=1S/C14H22N4OS/c1-5-12-11(3)16-14(20(4)19)17-13(12)18(6-2)10-8-7-9-15/h5-8,10H2,1-4H3. The van der Waals surface area contributed by atoms with Crippen molar-refractivity contribution in [1.29, 1.82) is 5.26 Å². The van der Waals surface area contributed by atoms with E-state index in [0.717, 1.165) is 43.0 Å². The fourth-order valence-corrected chi connectivity index (χ4v) is 2.60. The van der Waals surface area contributed by atoms with Crippen molar-refractivity contribution in [2.75, 3.05) is 24.2 Å². The summed E-state index contributed by atoms with van der Waals surface area (Å²) in [6.07, 6.45) is 3.78. The smallest absolute Gasteiger partial charge is 0.220 e. The van der Waals surface area contributed by atoms with Gasteiger partial charge in [-0.15, -0.1) is 0 Å². The van der Waals surface area contributed by atoms with Crippen molar-refractivity contribution in [3.05, 3.63) is 11.3 Å². The Kier molecular flexibility index (Phi) is 6.59. The Labute approximate surface area is 123 Å². The second-order valence-electron chi connectivity index (χ2n) is 4.54. The monoisotopic (exact) mass is 294 g/mol. The second kappa shape index (κ2) is 7.95. The Balaban J connectivity index is 3.17. The maximum Gasteiger partial charge on any atom is 0.220 e. The zero-order valence-corrected chi connectivity index (χ0v) is 13.5. The molecule has 0 bridgehead atoms. The third-order valence-electron chi connectivity index (χ3n) is 3.18. The zero-order valence-electron chi connectivity index (χ0n) is 12.6. The van der Waals surface area contributed by atoms with Crippen molar-refractivity contribution in [2.45, 2.75) is 45.2 Å². The summed E-state index contributed by atoms with van der Waals surface area (Å²) in [6.45, 7) is 7.66. The van der Waals surface area contributed by atoms with Crippen molar-refractivity contribution < 1.29 is 4.21 Å². The predicted octanol–water partition coefficient (Wildman–Crippen LogP) is 2.21.